The van der Waals surface area contributed by atoms with Crippen LogP contribution in [0.4, 0.5) is 4.39 Å². The number of carbonyl (C=O) groups is 1. The molecule has 1 atom stereocenters. The minimum Gasteiger partial charge on any atom is -0.344 e. The number of benzene rings is 3. The van der Waals surface area contributed by atoms with Crippen LogP contribution in [0.2, 0.25) is 10.0 Å². The van der Waals surface area contributed by atoms with Crippen LogP contribution in [0, 0.1) is 5.82 Å². The van der Waals surface area contributed by atoms with Crippen molar-refractivity contribution in [1.29, 1.82) is 0 Å². The number of rotatable bonds is 6. The SMILES string of the molecule is CC[C@@H](NC(=O)c1nn(-c2ccc(Cl)cc2Cl)c2c1CCCCC2=Cc1ccc(F)cc1)c1ccccc1. The molecule has 0 aliphatic heterocycles. The summed E-state index contributed by atoms with van der Waals surface area (Å²) in [5.74, 6) is -0.502. The number of halogens is 3. The predicted octanol–water partition coefficient (Wildman–Crippen LogP) is 8.47. The molecule has 1 N–H and O–H groups in total. The molecule has 0 saturated heterocycles. The van der Waals surface area contributed by atoms with Gasteiger partial charge in [-0.15, -0.1) is 0 Å². The van der Waals surface area contributed by atoms with Gasteiger partial charge in [0.25, 0.3) is 5.91 Å². The fourth-order valence-corrected chi connectivity index (χ4v) is 5.48. The molecule has 5 rings (SSSR count). The van der Waals surface area contributed by atoms with Gasteiger partial charge in [-0.1, -0.05) is 72.6 Å². The summed E-state index contributed by atoms with van der Waals surface area (Å²) in [4.78, 5) is 13.8. The molecular weight excluding hydrogens is 520 g/mol. The van der Waals surface area contributed by atoms with Crippen molar-refractivity contribution in [2.75, 3.05) is 0 Å². The molecule has 0 radical (unpaired) electrons. The minimum absolute atomic E-state index is 0.136. The van der Waals surface area contributed by atoms with Crippen LogP contribution in [0.15, 0.2) is 72.8 Å². The second-order valence-electron chi connectivity index (χ2n) is 9.46. The lowest BCUT2D eigenvalue weighted by Crippen LogP contribution is -2.29. The van der Waals surface area contributed by atoms with Gasteiger partial charge in [0.05, 0.1) is 22.4 Å². The first-order valence-corrected chi connectivity index (χ1v) is 13.6. The summed E-state index contributed by atoms with van der Waals surface area (Å²) in [6.07, 6.45) is 6.18. The summed E-state index contributed by atoms with van der Waals surface area (Å²) >= 11 is 12.8. The van der Waals surface area contributed by atoms with Crippen molar-refractivity contribution < 1.29 is 9.18 Å². The van der Waals surface area contributed by atoms with Crippen LogP contribution in [0.5, 0.6) is 0 Å². The zero-order valence-electron chi connectivity index (χ0n) is 21.1. The fraction of sp³-hybridized carbons (Fsp3) is 0.226. The third-order valence-electron chi connectivity index (χ3n) is 6.89. The lowest BCUT2D eigenvalue weighted by atomic mass is 10.0. The summed E-state index contributed by atoms with van der Waals surface area (Å²) in [6.45, 7) is 2.05. The molecule has 0 fully saturated rings. The smallest absolute Gasteiger partial charge is 0.272 e. The van der Waals surface area contributed by atoms with Crippen molar-refractivity contribution in [2.45, 2.75) is 45.1 Å². The van der Waals surface area contributed by atoms with Gasteiger partial charge in [0.1, 0.15) is 5.82 Å². The Morgan fingerprint density at radius 1 is 1.05 bits per heavy atom. The van der Waals surface area contributed by atoms with E-state index in [-0.39, 0.29) is 17.8 Å². The molecule has 0 spiro atoms. The number of allylic oxidation sites excluding steroid dienone is 1. The topological polar surface area (TPSA) is 46.9 Å². The van der Waals surface area contributed by atoms with E-state index in [0.717, 1.165) is 53.6 Å². The van der Waals surface area contributed by atoms with Gasteiger partial charge in [0, 0.05) is 10.6 Å². The molecule has 1 aromatic heterocycles. The molecule has 4 aromatic rings. The van der Waals surface area contributed by atoms with Crippen LogP contribution in [0.1, 0.15) is 71.5 Å². The first kappa shape index (κ1) is 26.2. The maximum atomic E-state index is 13.8. The highest BCUT2D eigenvalue weighted by molar-refractivity contribution is 6.35. The van der Waals surface area contributed by atoms with E-state index >= 15 is 0 Å². The standard InChI is InChI=1S/C31H28Cl2FN3O/c1-2-27(21-8-4-3-5-9-21)35-31(38)29-25-11-7-6-10-22(18-20-12-15-24(34)16-13-20)30(25)37(36-29)28-17-14-23(32)19-26(28)33/h3-5,8-9,12-19,27H,2,6-7,10-11H2,1H3,(H,35,38)/t27-/m1/s1. The Morgan fingerprint density at radius 3 is 2.50 bits per heavy atom. The summed E-state index contributed by atoms with van der Waals surface area (Å²) in [5, 5.41) is 9.02. The predicted molar refractivity (Wildman–Crippen MR) is 152 cm³/mol. The van der Waals surface area contributed by atoms with Gasteiger partial charge in [0.2, 0.25) is 0 Å². The molecule has 1 aliphatic rings. The van der Waals surface area contributed by atoms with E-state index in [9.17, 15) is 9.18 Å². The molecular formula is C31H28Cl2FN3O. The highest BCUT2D eigenvalue weighted by atomic mass is 35.5. The molecule has 0 saturated carbocycles. The Labute approximate surface area is 232 Å². The molecule has 194 valence electrons. The molecule has 1 heterocycles. The largest absolute Gasteiger partial charge is 0.344 e. The Kier molecular flexibility index (Phi) is 7.96. The summed E-state index contributed by atoms with van der Waals surface area (Å²) < 4.78 is 15.3. The van der Waals surface area contributed by atoms with Gasteiger partial charge >= 0.3 is 0 Å². The van der Waals surface area contributed by atoms with Crippen LogP contribution in [-0.4, -0.2) is 15.7 Å². The van der Waals surface area contributed by atoms with E-state index in [1.165, 1.54) is 12.1 Å². The third kappa shape index (κ3) is 5.54. The van der Waals surface area contributed by atoms with Crippen molar-refractivity contribution in [2.24, 2.45) is 0 Å². The van der Waals surface area contributed by atoms with Crippen LogP contribution < -0.4 is 5.32 Å². The maximum Gasteiger partial charge on any atom is 0.272 e. The molecule has 1 amide bonds. The first-order chi connectivity index (χ1) is 18.4. The van der Waals surface area contributed by atoms with E-state index in [0.29, 0.717) is 27.8 Å². The van der Waals surface area contributed by atoms with Crippen molar-refractivity contribution in [1.82, 2.24) is 15.1 Å². The van der Waals surface area contributed by atoms with Crippen LogP contribution in [0.3, 0.4) is 0 Å². The molecule has 38 heavy (non-hydrogen) atoms. The minimum atomic E-state index is -0.283. The molecule has 7 heteroatoms. The van der Waals surface area contributed by atoms with Crippen molar-refractivity contribution in [3.63, 3.8) is 0 Å². The van der Waals surface area contributed by atoms with Crippen molar-refractivity contribution in [3.8, 4) is 5.69 Å². The molecule has 1 aliphatic carbocycles. The summed E-state index contributed by atoms with van der Waals surface area (Å²) in [5.41, 5.74) is 5.74. The summed E-state index contributed by atoms with van der Waals surface area (Å²) in [7, 11) is 0. The Balaban J connectivity index is 1.64. The Hall–Kier alpha value is -3.41. The average molecular weight is 548 g/mol. The van der Waals surface area contributed by atoms with E-state index in [4.69, 9.17) is 28.3 Å². The normalized spacial score (nSPS) is 15.1. The number of hydrogen-bond acceptors (Lipinski definition) is 2. The second kappa shape index (κ2) is 11.5. The number of fused-ring (bicyclic) bond motifs is 1. The van der Waals surface area contributed by atoms with Gasteiger partial charge in [-0.3, -0.25) is 4.79 Å². The monoisotopic (exact) mass is 547 g/mol. The number of nitrogens with zero attached hydrogens (tertiary/aromatic N) is 2. The fourth-order valence-electron chi connectivity index (χ4n) is 5.00. The van der Waals surface area contributed by atoms with Crippen LogP contribution in [-0.2, 0) is 6.42 Å². The number of nitrogens with one attached hydrogen (secondary N) is 1. The van der Waals surface area contributed by atoms with Gasteiger partial charge < -0.3 is 5.32 Å². The summed E-state index contributed by atoms with van der Waals surface area (Å²) in [6, 6.07) is 21.5. The zero-order valence-corrected chi connectivity index (χ0v) is 22.6. The molecule has 0 unspecified atom stereocenters. The lowest BCUT2D eigenvalue weighted by Gasteiger charge is -2.17. The van der Waals surface area contributed by atoms with E-state index < -0.39 is 0 Å². The van der Waals surface area contributed by atoms with Crippen LogP contribution >= 0.6 is 23.2 Å². The van der Waals surface area contributed by atoms with Gasteiger partial charge in [0.15, 0.2) is 5.69 Å². The molecule has 3 aromatic carbocycles. The van der Waals surface area contributed by atoms with E-state index in [2.05, 4.69) is 5.32 Å². The number of aromatic nitrogens is 2. The molecule has 4 nitrogen and oxygen atoms in total. The molecule has 0 bridgehead atoms. The van der Waals surface area contributed by atoms with E-state index in [1.807, 2.05) is 49.4 Å². The van der Waals surface area contributed by atoms with Gasteiger partial charge in [-0.05, 0) is 85.2 Å². The first-order valence-electron chi connectivity index (χ1n) is 12.8. The number of hydrogen-bond donors (Lipinski definition) is 1. The quantitative estimate of drug-likeness (QED) is 0.246. The number of amides is 1. The van der Waals surface area contributed by atoms with Crippen molar-refractivity contribution >= 4 is 40.8 Å². The van der Waals surface area contributed by atoms with Crippen molar-refractivity contribution in [3.05, 3.63) is 117 Å². The maximum absolute atomic E-state index is 13.8. The Bertz CT molecular complexity index is 1480. The van der Waals surface area contributed by atoms with E-state index in [1.54, 1.807) is 28.9 Å². The van der Waals surface area contributed by atoms with Crippen LogP contribution in [0.25, 0.3) is 17.3 Å². The third-order valence-corrected chi connectivity index (χ3v) is 7.43. The number of carbonyl (C=O) groups excluding carboxylic acids is 1. The Morgan fingerprint density at radius 2 is 1.79 bits per heavy atom. The second-order valence-corrected chi connectivity index (χ2v) is 10.3. The van der Waals surface area contributed by atoms with Gasteiger partial charge in [-0.2, -0.15) is 5.10 Å². The zero-order chi connectivity index (χ0) is 26.6. The van der Waals surface area contributed by atoms with Gasteiger partial charge in [-0.25, -0.2) is 9.07 Å². The highest BCUT2D eigenvalue weighted by Crippen LogP contribution is 2.37. The highest BCUT2D eigenvalue weighted by Gasteiger charge is 2.29. The average Bonchev–Trinajstić information content (AvgIpc) is 3.17. The lowest BCUT2D eigenvalue weighted by molar-refractivity contribution is 0.0929.